The van der Waals surface area contributed by atoms with Crippen LogP contribution < -0.4 is 16.8 Å². The van der Waals surface area contributed by atoms with Gasteiger partial charge in [0.1, 0.15) is 5.66 Å². The zero-order valence-corrected chi connectivity index (χ0v) is 21.2. The summed E-state index contributed by atoms with van der Waals surface area (Å²) in [5, 5.41) is 8.46. The topological polar surface area (TPSA) is 64.1 Å². The zero-order valence-electron chi connectivity index (χ0n) is 21.2. The van der Waals surface area contributed by atoms with Crippen molar-refractivity contribution >= 4 is 33.3 Å². The van der Waals surface area contributed by atoms with Crippen molar-refractivity contribution in [3.63, 3.8) is 0 Å². The molecular weight excluding hydrogens is 450 g/mol. The van der Waals surface area contributed by atoms with Gasteiger partial charge in [0.2, 0.25) is 0 Å². The predicted molar refractivity (Wildman–Crippen MR) is 159 cm³/mol. The molecule has 5 aromatic rings. The van der Waals surface area contributed by atoms with Gasteiger partial charge in [-0.15, -0.1) is 0 Å². The summed E-state index contributed by atoms with van der Waals surface area (Å²) in [5.74, 6) is 0. The molecule has 0 heterocycles. The average Bonchev–Trinajstić information content (AvgIpc) is 2.95. The Hall–Kier alpha value is -4.18. The summed E-state index contributed by atoms with van der Waals surface area (Å²) in [5.41, 5.74) is 18.3. The summed E-state index contributed by atoms with van der Waals surface area (Å²) >= 11 is 0. The Morgan fingerprint density at radius 3 is 2.24 bits per heavy atom. The van der Waals surface area contributed by atoms with Crippen LogP contribution in [0.5, 0.6) is 0 Å². The standard InChI is InChI=1S/C34H33N3/c1-24(16-18-26-22-25-10-6-7-13-30(25)32-15-9-8-14-31(26)32)17-19-27-23-29(20-21-33(27)35)34(36,37-2)28-11-4-3-5-12-28/h3-15,17,19-23,37H,1,16,18,35-36H2,2H3/b19-17-. The molecule has 1 unspecified atom stereocenters. The fourth-order valence-electron chi connectivity index (χ4n) is 5.05. The molecule has 0 aromatic heterocycles. The van der Waals surface area contributed by atoms with E-state index in [0.717, 1.165) is 35.1 Å². The van der Waals surface area contributed by atoms with Gasteiger partial charge in [0, 0.05) is 5.69 Å². The van der Waals surface area contributed by atoms with E-state index in [2.05, 4.69) is 78.6 Å². The molecule has 0 aliphatic heterocycles. The SMILES string of the molecule is C=C(/C=C\c1cc(C(N)(NC)c2ccccc2)ccc1N)CCc1cc2ccccc2c2ccccc12. The van der Waals surface area contributed by atoms with Crippen molar-refractivity contribution in [2.45, 2.75) is 18.5 Å². The maximum atomic E-state index is 6.82. The minimum absolute atomic E-state index is 0.708. The second-order valence-electron chi connectivity index (χ2n) is 9.56. The zero-order chi connectivity index (χ0) is 25.8. The first-order chi connectivity index (χ1) is 18.0. The Kier molecular flexibility index (Phi) is 6.91. The third-order valence-electron chi connectivity index (χ3n) is 7.23. The van der Waals surface area contributed by atoms with Crippen LogP contribution in [-0.2, 0) is 12.1 Å². The molecule has 3 heteroatoms. The quantitative estimate of drug-likeness (QED) is 0.0950. The van der Waals surface area contributed by atoms with Crippen LogP contribution in [0, 0.1) is 0 Å². The van der Waals surface area contributed by atoms with Crippen LogP contribution in [0.2, 0.25) is 0 Å². The highest BCUT2D eigenvalue weighted by Gasteiger charge is 2.27. The van der Waals surface area contributed by atoms with Crippen molar-refractivity contribution in [3.8, 4) is 0 Å². The van der Waals surface area contributed by atoms with E-state index in [1.54, 1.807) is 0 Å². The fourth-order valence-corrected chi connectivity index (χ4v) is 5.05. The van der Waals surface area contributed by atoms with Gasteiger partial charge in [-0.2, -0.15) is 0 Å². The van der Waals surface area contributed by atoms with Crippen LogP contribution in [0.25, 0.3) is 27.6 Å². The minimum Gasteiger partial charge on any atom is -0.398 e. The van der Waals surface area contributed by atoms with Crippen molar-refractivity contribution < 1.29 is 0 Å². The van der Waals surface area contributed by atoms with Gasteiger partial charge in [0.25, 0.3) is 0 Å². The summed E-state index contributed by atoms with van der Waals surface area (Å²) in [6, 6.07) is 35.6. The number of aryl methyl sites for hydroxylation is 1. The summed E-state index contributed by atoms with van der Waals surface area (Å²) in [6.07, 6.45) is 5.89. The second-order valence-corrected chi connectivity index (χ2v) is 9.56. The van der Waals surface area contributed by atoms with Crippen LogP contribution in [0.3, 0.4) is 0 Å². The Bertz CT molecular complexity index is 1600. The van der Waals surface area contributed by atoms with Crippen molar-refractivity contribution in [3.05, 3.63) is 144 Å². The molecule has 0 spiro atoms. The number of benzene rings is 5. The van der Waals surface area contributed by atoms with Crippen molar-refractivity contribution in [2.75, 3.05) is 12.8 Å². The van der Waals surface area contributed by atoms with E-state index in [1.807, 2.05) is 55.6 Å². The van der Waals surface area contributed by atoms with Gasteiger partial charge < -0.3 is 11.5 Å². The number of nitrogen functional groups attached to an aromatic ring is 1. The summed E-state index contributed by atoms with van der Waals surface area (Å²) in [7, 11) is 1.87. The highest BCUT2D eigenvalue weighted by Crippen LogP contribution is 2.31. The summed E-state index contributed by atoms with van der Waals surface area (Å²) < 4.78 is 0. The van der Waals surface area contributed by atoms with Crippen molar-refractivity contribution in [1.29, 1.82) is 0 Å². The Balaban J connectivity index is 1.37. The van der Waals surface area contributed by atoms with Crippen LogP contribution in [-0.4, -0.2) is 7.05 Å². The third-order valence-corrected chi connectivity index (χ3v) is 7.23. The van der Waals surface area contributed by atoms with E-state index >= 15 is 0 Å². The number of hydrogen-bond acceptors (Lipinski definition) is 3. The first-order valence-corrected chi connectivity index (χ1v) is 12.7. The van der Waals surface area contributed by atoms with Crippen molar-refractivity contribution in [1.82, 2.24) is 5.32 Å². The first kappa shape index (κ1) is 24.5. The molecule has 0 amide bonds. The van der Waals surface area contributed by atoms with Crippen LogP contribution in [0.4, 0.5) is 5.69 Å². The molecule has 0 saturated carbocycles. The molecule has 5 aromatic carbocycles. The molecule has 0 aliphatic rings. The van der Waals surface area contributed by atoms with E-state index in [9.17, 15) is 0 Å². The maximum Gasteiger partial charge on any atom is 0.119 e. The molecule has 1 atom stereocenters. The Morgan fingerprint density at radius 2 is 1.49 bits per heavy atom. The number of fused-ring (bicyclic) bond motifs is 3. The average molecular weight is 484 g/mol. The molecule has 3 nitrogen and oxygen atoms in total. The van der Waals surface area contributed by atoms with Gasteiger partial charge in [-0.1, -0.05) is 115 Å². The lowest BCUT2D eigenvalue weighted by Gasteiger charge is -2.30. The smallest absolute Gasteiger partial charge is 0.119 e. The van der Waals surface area contributed by atoms with Crippen molar-refractivity contribution in [2.24, 2.45) is 5.73 Å². The Labute approximate surface area is 219 Å². The normalized spacial score (nSPS) is 13.2. The summed E-state index contributed by atoms with van der Waals surface area (Å²) in [4.78, 5) is 0. The van der Waals surface area contributed by atoms with Gasteiger partial charge >= 0.3 is 0 Å². The lowest BCUT2D eigenvalue weighted by atomic mass is 9.90. The van der Waals surface area contributed by atoms with Gasteiger partial charge in [-0.25, -0.2) is 0 Å². The van der Waals surface area contributed by atoms with E-state index in [0.29, 0.717) is 5.69 Å². The highest BCUT2D eigenvalue weighted by atomic mass is 15.1. The molecule has 0 saturated heterocycles. The van der Waals surface area contributed by atoms with Crippen LogP contribution >= 0.6 is 0 Å². The lowest BCUT2D eigenvalue weighted by molar-refractivity contribution is 0.457. The predicted octanol–water partition coefficient (Wildman–Crippen LogP) is 7.16. The first-order valence-electron chi connectivity index (χ1n) is 12.7. The van der Waals surface area contributed by atoms with Crippen LogP contribution in [0.15, 0.2) is 121 Å². The summed E-state index contributed by atoms with van der Waals surface area (Å²) in [6.45, 7) is 4.33. The second kappa shape index (κ2) is 10.4. The molecule has 0 radical (unpaired) electrons. The number of rotatable bonds is 8. The molecule has 0 aliphatic carbocycles. The van der Waals surface area contributed by atoms with Gasteiger partial charge in [-0.3, -0.25) is 5.32 Å². The van der Waals surface area contributed by atoms with E-state index in [-0.39, 0.29) is 0 Å². The maximum absolute atomic E-state index is 6.82. The van der Waals surface area contributed by atoms with Gasteiger partial charge in [-0.05, 0) is 75.8 Å². The molecule has 5 rings (SSSR count). The number of nitrogens with one attached hydrogen (secondary N) is 1. The molecule has 0 bridgehead atoms. The number of anilines is 1. The van der Waals surface area contributed by atoms with E-state index < -0.39 is 5.66 Å². The minimum atomic E-state index is -0.814. The number of allylic oxidation sites excluding steroid dienone is 2. The molecule has 5 N–H and O–H groups in total. The Morgan fingerprint density at radius 1 is 0.811 bits per heavy atom. The van der Waals surface area contributed by atoms with E-state index in [1.165, 1.54) is 27.1 Å². The highest BCUT2D eigenvalue weighted by molar-refractivity contribution is 6.08. The van der Waals surface area contributed by atoms with E-state index in [4.69, 9.17) is 11.5 Å². The molecule has 37 heavy (non-hydrogen) atoms. The van der Waals surface area contributed by atoms with Crippen LogP contribution in [0.1, 0.15) is 28.7 Å². The number of nitrogens with two attached hydrogens (primary N) is 2. The van der Waals surface area contributed by atoms with Gasteiger partial charge in [0.15, 0.2) is 0 Å². The fraction of sp³-hybridized carbons (Fsp3) is 0.118. The third kappa shape index (κ3) is 4.92. The molecule has 0 fully saturated rings. The number of hydrogen-bond donors (Lipinski definition) is 3. The lowest BCUT2D eigenvalue weighted by Crippen LogP contribution is -2.49. The van der Waals surface area contributed by atoms with Gasteiger partial charge in [0.05, 0.1) is 0 Å². The monoisotopic (exact) mass is 483 g/mol. The largest absolute Gasteiger partial charge is 0.398 e. The molecule has 184 valence electrons. The molecular formula is C34H33N3.